The number of carbonyl (C=O) groups excluding carboxylic acids is 4. The number of nitrogens with one attached hydrogen (secondary N) is 6. The van der Waals surface area contributed by atoms with Gasteiger partial charge >= 0.3 is 0 Å². The fourth-order valence-electron chi connectivity index (χ4n) is 15.1. The molecule has 782 valence electrons. The third-order valence-corrected chi connectivity index (χ3v) is 24.7. The summed E-state index contributed by atoms with van der Waals surface area (Å²) in [5.41, 5.74) is 10.5. The number of hydrogen-bond acceptors (Lipinski definition) is 45. The lowest BCUT2D eigenvalue weighted by Crippen LogP contribution is -2.66. The first-order valence-electron chi connectivity index (χ1n) is 47.2. The smallest absolute Gasteiger partial charge is 0.271 e. The summed E-state index contributed by atoms with van der Waals surface area (Å²) < 4.78 is 140. The number of aromatic nitrogens is 4. The van der Waals surface area contributed by atoms with Crippen LogP contribution in [0.15, 0.2) is 64.5 Å². The third kappa shape index (κ3) is 43.7. The number of aliphatic hydroxyl groups is 6. The molecule has 7 fully saturated rings. The van der Waals surface area contributed by atoms with E-state index < -0.39 is 96.3 Å². The van der Waals surface area contributed by atoms with Gasteiger partial charge in [0.1, 0.15) is 69.2 Å². The van der Waals surface area contributed by atoms with E-state index in [0.29, 0.717) is 117 Å². The lowest BCUT2D eigenvalue weighted by Gasteiger charge is -2.42. The maximum absolute atomic E-state index is 14.3. The lowest BCUT2D eigenvalue weighted by molar-refractivity contribution is -0.315. The molecule has 9 heterocycles. The van der Waals surface area contributed by atoms with E-state index in [4.69, 9.17) is 131 Å². The maximum Gasteiger partial charge on any atom is 0.271 e. The van der Waals surface area contributed by atoms with Crippen molar-refractivity contribution in [3.63, 3.8) is 0 Å². The van der Waals surface area contributed by atoms with Gasteiger partial charge in [-0.05, 0) is 61.5 Å². The molecule has 4 amide bonds. The van der Waals surface area contributed by atoms with Crippen molar-refractivity contribution in [2.24, 2.45) is 16.7 Å². The van der Waals surface area contributed by atoms with Crippen LogP contribution in [0.4, 0.5) is 0 Å². The van der Waals surface area contributed by atoms with Crippen molar-refractivity contribution in [2.45, 2.75) is 211 Å². The largest absolute Gasteiger partial charge is 0.399 e. The number of hydrogen-bond donors (Lipinski definition) is 14. The number of unbranched alkanes of at least 4 members (excludes halogenated alkanes) is 6. The summed E-state index contributed by atoms with van der Waals surface area (Å²) in [7, 11) is 3.42. The molecule has 0 saturated carbocycles. The third-order valence-electron chi connectivity index (χ3n) is 22.4. The molecular formula is C87H148N14O34S2. The van der Waals surface area contributed by atoms with Crippen LogP contribution in [0.25, 0.3) is 0 Å². The van der Waals surface area contributed by atoms with Gasteiger partial charge in [0, 0.05) is 76.5 Å². The van der Waals surface area contributed by atoms with Gasteiger partial charge in [-0.2, -0.15) is 5.11 Å². The number of nitrogens with zero attached hydrogens (tertiary/aromatic N) is 6. The van der Waals surface area contributed by atoms with Gasteiger partial charge in [-0.1, -0.05) is 41.3 Å². The Labute approximate surface area is 806 Å². The zero-order valence-electron chi connectivity index (χ0n) is 78.6. The second-order valence-electron chi connectivity index (χ2n) is 33.9. The van der Waals surface area contributed by atoms with E-state index in [2.05, 4.69) is 47.0 Å². The summed E-state index contributed by atoms with van der Waals surface area (Å²) in [6.07, 6.45) is 5.42. The predicted molar refractivity (Wildman–Crippen MR) is 485 cm³/mol. The Morgan fingerprint density at radius 1 is 0.584 bits per heavy atom. The van der Waals surface area contributed by atoms with E-state index in [9.17, 15) is 49.8 Å². The van der Waals surface area contributed by atoms with E-state index in [1.54, 1.807) is 38.7 Å². The van der Waals surface area contributed by atoms with Crippen LogP contribution in [0, 0.1) is 5.53 Å². The van der Waals surface area contributed by atoms with Crippen LogP contribution < -0.4 is 38.2 Å². The van der Waals surface area contributed by atoms with Crippen molar-refractivity contribution in [3.05, 3.63) is 60.1 Å². The predicted octanol–water partition coefficient (Wildman–Crippen LogP) is -1.39. The molecule has 50 heteroatoms. The monoisotopic (exact) mass is 2000 g/mol. The Hall–Kier alpha value is -5.89. The SMILES string of the molecule is CC(=O)N[C@H]1[C@H]2OC[C@](COCCOCCOCCOCCn3cc(COCC(COC/C(N)=C/N(N)CCOCCOCCOCCOC[C@]45CO[C@H](C[C@@H](O)[C@H]4O)O5)(COC/C(=C/NCCOCCOCCOCCOC[C@]45CO[C@H](C[C@@H](O)[C@H]4O)O5)N=N)NC(=O)CCCCCNC(=O)CCCCCOC4OCC(NC(=O)CCCCCSSc5ccccn5)CO4)nn3)(O2)[C@H](O)[C@@H]1O. The number of nitrogens with two attached hydrogens (primary N) is 2. The highest BCUT2D eigenvalue weighted by Crippen LogP contribution is 2.40. The van der Waals surface area contributed by atoms with Gasteiger partial charge < -0.3 is 182 Å². The summed E-state index contributed by atoms with van der Waals surface area (Å²) in [4.78, 5) is 55.7. The van der Waals surface area contributed by atoms with E-state index >= 15 is 0 Å². The lowest BCUT2D eigenvalue weighted by atomic mass is 9.88. The fourth-order valence-corrected chi connectivity index (χ4v) is 17.1. The van der Waals surface area contributed by atoms with Crippen molar-refractivity contribution in [2.75, 3.05) is 257 Å². The summed E-state index contributed by atoms with van der Waals surface area (Å²) >= 11 is 0. The van der Waals surface area contributed by atoms with Crippen molar-refractivity contribution in [1.29, 1.82) is 5.53 Å². The number of carbonyl (C=O) groups is 4. The zero-order valence-corrected chi connectivity index (χ0v) is 80.3. The second kappa shape index (κ2) is 66.1. The van der Waals surface area contributed by atoms with E-state index in [0.717, 1.165) is 36.5 Å². The first-order valence-corrected chi connectivity index (χ1v) is 49.5. The van der Waals surface area contributed by atoms with Crippen LogP contribution in [0.2, 0.25) is 0 Å². The molecule has 0 spiro atoms. The fraction of sp³-hybridized carbons (Fsp3) is 0.828. The summed E-state index contributed by atoms with van der Waals surface area (Å²) in [5.74, 6) is 6.45. The highest BCUT2D eigenvalue weighted by Gasteiger charge is 2.60. The van der Waals surface area contributed by atoms with Crippen LogP contribution in [0.3, 0.4) is 0 Å². The van der Waals surface area contributed by atoms with Gasteiger partial charge in [0.05, 0.1) is 281 Å². The highest BCUT2D eigenvalue weighted by atomic mass is 33.1. The van der Waals surface area contributed by atoms with Crippen molar-refractivity contribution in [3.8, 4) is 0 Å². The molecule has 7 aliphatic rings. The van der Waals surface area contributed by atoms with Gasteiger partial charge in [-0.3, -0.25) is 19.2 Å². The maximum atomic E-state index is 14.3. The Bertz CT molecular complexity index is 3710. The molecular weight excluding hydrogens is 1850 g/mol. The number of aliphatic hydroxyl groups excluding tert-OH is 6. The molecule has 6 bridgehead atoms. The normalized spacial score (nSPS) is 25.7. The average molecular weight is 2000 g/mol. The van der Waals surface area contributed by atoms with Crippen LogP contribution in [-0.4, -0.2) is 432 Å². The highest BCUT2D eigenvalue weighted by molar-refractivity contribution is 8.76. The molecule has 9 rings (SSSR count). The minimum atomic E-state index is -1.41. The van der Waals surface area contributed by atoms with Crippen LogP contribution in [0.5, 0.6) is 0 Å². The number of ether oxygens (including phenoxy) is 24. The first-order chi connectivity index (χ1) is 66.7. The van der Waals surface area contributed by atoms with Gasteiger partial charge in [-0.15, -0.1) is 5.10 Å². The number of fused-ring (bicyclic) bond motifs is 6. The minimum Gasteiger partial charge on any atom is -0.399 e. The van der Waals surface area contributed by atoms with Crippen molar-refractivity contribution in [1.82, 2.24) is 51.6 Å². The molecule has 0 aliphatic carbocycles. The molecule has 2 aromatic heterocycles. The van der Waals surface area contributed by atoms with Crippen LogP contribution in [-0.2, 0) is 146 Å². The van der Waals surface area contributed by atoms with Gasteiger partial charge in [0.25, 0.3) is 6.48 Å². The van der Waals surface area contributed by atoms with E-state index in [1.807, 2.05) is 18.2 Å². The summed E-state index contributed by atoms with van der Waals surface area (Å²) in [6.45, 7) is 7.74. The topological polar surface area (TPSA) is 606 Å². The summed E-state index contributed by atoms with van der Waals surface area (Å²) in [6, 6.07) is 4.68. The Kier molecular flexibility index (Phi) is 55.4. The van der Waals surface area contributed by atoms with Crippen molar-refractivity contribution < 1.29 is 164 Å². The van der Waals surface area contributed by atoms with Crippen LogP contribution >= 0.6 is 21.6 Å². The number of pyridine rings is 1. The number of hydrazine groups is 1. The molecule has 2 aromatic rings. The van der Waals surface area contributed by atoms with E-state index in [-0.39, 0.29) is 253 Å². The Balaban J connectivity index is 0.689. The molecule has 1 unspecified atom stereocenters. The molecule has 14 atom stereocenters. The quantitative estimate of drug-likeness (QED) is 0.0119. The first kappa shape index (κ1) is 115. The van der Waals surface area contributed by atoms with Crippen LogP contribution in [0.1, 0.15) is 103 Å². The second-order valence-corrected chi connectivity index (χ2v) is 36.3. The zero-order chi connectivity index (χ0) is 97.3. The van der Waals surface area contributed by atoms with Gasteiger partial charge in [0.15, 0.2) is 18.9 Å². The molecule has 7 saturated heterocycles. The Morgan fingerprint density at radius 2 is 1.12 bits per heavy atom. The Morgan fingerprint density at radius 3 is 1.71 bits per heavy atom. The number of rotatable bonds is 81. The average Bonchev–Trinajstić information content (AvgIpc) is 1.62. The summed E-state index contributed by atoms with van der Waals surface area (Å²) in [5, 5.41) is 92.1. The molecule has 0 radical (unpaired) electrons. The van der Waals surface area contributed by atoms with Gasteiger partial charge in [-0.25, -0.2) is 21.0 Å². The molecule has 48 nitrogen and oxygen atoms in total. The molecule has 16 N–H and O–H groups in total. The standard InChI is InChI=1S/C87H148N14O34S2/c1-64(102)94-77-78(108)81(111)87(63-132-82(77)135-87)60-123-43-40-120-37-34-117-31-28-114-25-21-101-49-67(98-99-101)52-126-57-84(55-124-50-65(88)48-100(90)20-24-113-27-30-116-33-36-119-39-42-122-59-86-62-131-76(134-86)46-70(104)80(86)110,56-125-51-66(97-89)47-91-19-23-112-26-29-115-32-35-118-38-41-121-58-85-61-130-75(133-85)45-69(103)79(85)109)96-73(107)15-5-2-9-17-92-71(105)13-6-3-11-22-127-83-128-53-68(54-129-83)95-72(106)14-7-4-12-44-136-137-74-16-8-10-18-93-74/h8,10,16,18,47-49,68-70,75-83,89,91,103-104,108-111H,2-7,9,11-15,17,19-46,50-63,88,90H2,1H3,(H,92,105)(H,94,102)(H,95,106)(H,96,107)/b65-48-,66-47-,97-89?/t68?,69-,70-,75+,76+,77-,78-,79-,80-,81-,82+,83?,84?,85+,86+,87+/m1/s1. The molecule has 0 aromatic carbocycles. The van der Waals surface area contributed by atoms with Crippen molar-refractivity contribution >= 4 is 45.2 Å². The van der Waals surface area contributed by atoms with Gasteiger partial charge in [0.2, 0.25) is 23.6 Å². The minimum absolute atomic E-state index is 0.0222. The molecule has 137 heavy (non-hydrogen) atoms. The number of amides is 4. The van der Waals surface area contributed by atoms with E-state index in [1.165, 1.54) is 24.3 Å². The molecule has 7 aliphatic heterocycles.